The molecule has 3 heteroatoms. The van der Waals surface area contributed by atoms with E-state index in [1.54, 1.807) is 0 Å². The summed E-state index contributed by atoms with van der Waals surface area (Å²) >= 11 is 0. The summed E-state index contributed by atoms with van der Waals surface area (Å²) in [4.78, 5) is 12.0. The van der Waals surface area contributed by atoms with Gasteiger partial charge in [0.2, 0.25) is 5.91 Å². The van der Waals surface area contributed by atoms with Crippen molar-refractivity contribution in [3.8, 4) is 0 Å². The summed E-state index contributed by atoms with van der Waals surface area (Å²) in [7, 11) is 0. The average molecular weight is 236 g/mol. The first kappa shape index (κ1) is 11.5. The molecule has 0 aromatic rings. The van der Waals surface area contributed by atoms with Crippen LogP contribution in [0.25, 0.3) is 0 Å². The first-order valence-electron chi connectivity index (χ1n) is 7.31. The minimum atomic E-state index is 0.224. The summed E-state index contributed by atoms with van der Waals surface area (Å²) in [5.74, 6) is 3.21. The summed E-state index contributed by atoms with van der Waals surface area (Å²) in [6.45, 7) is 2.90. The van der Waals surface area contributed by atoms with Crippen LogP contribution in [0.1, 0.15) is 38.5 Å². The number of hydrogen-bond acceptors (Lipinski definition) is 2. The SMILES string of the molecule is O=C(NCC1CC2CCC1C2)C1CCCNC1. The summed E-state index contributed by atoms with van der Waals surface area (Å²) < 4.78 is 0. The van der Waals surface area contributed by atoms with E-state index in [-0.39, 0.29) is 5.92 Å². The Hall–Kier alpha value is -0.570. The van der Waals surface area contributed by atoms with E-state index in [4.69, 9.17) is 0 Å². The van der Waals surface area contributed by atoms with Crippen LogP contribution in [0.15, 0.2) is 0 Å². The average Bonchev–Trinajstić information content (AvgIpc) is 2.99. The van der Waals surface area contributed by atoms with E-state index in [1.807, 2.05) is 0 Å². The largest absolute Gasteiger partial charge is 0.356 e. The maximum absolute atomic E-state index is 12.0. The number of carbonyl (C=O) groups excluding carboxylic acids is 1. The molecule has 2 bridgehead atoms. The molecule has 2 N–H and O–H groups in total. The molecule has 1 aliphatic heterocycles. The molecule has 1 heterocycles. The quantitative estimate of drug-likeness (QED) is 0.780. The topological polar surface area (TPSA) is 41.1 Å². The minimum Gasteiger partial charge on any atom is -0.356 e. The van der Waals surface area contributed by atoms with Crippen molar-refractivity contribution in [2.75, 3.05) is 19.6 Å². The molecule has 0 aromatic heterocycles. The zero-order chi connectivity index (χ0) is 11.7. The number of carbonyl (C=O) groups is 1. The number of rotatable bonds is 3. The third-order valence-electron chi connectivity index (χ3n) is 5.09. The van der Waals surface area contributed by atoms with E-state index in [2.05, 4.69) is 10.6 Å². The van der Waals surface area contributed by atoms with Crippen molar-refractivity contribution in [1.29, 1.82) is 0 Å². The van der Waals surface area contributed by atoms with E-state index in [0.29, 0.717) is 5.91 Å². The van der Waals surface area contributed by atoms with Crippen molar-refractivity contribution in [1.82, 2.24) is 10.6 Å². The highest BCUT2D eigenvalue weighted by atomic mass is 16.1. The summed E-state index contributed by atoms with van der Waals surface area (Å²) in [6, 6.07) is 0. The van der Waals surface area contributed by atoms with Gasteiger partial charge in [0, 0.05) is 13.1 Å². The van der Waals surface area contributed by atoms with E-state index in [0.717, 1.165) is 50.2 Å². The Morgan fingerprint density at radius 2 is 2.18 bits per heavy atom. The highest BCUT2D eigenvalue weighted by Gasteiger charge is 2.39. The van der Waals surface area contributed by atoms with Crippen LogP contribution in [0.3, 0.4) is 0 Å². The highest BCUT2D eigenvalue weighted by Crippen LogP contribution is 2.47. The predicted octanol–water partition coefficient (Wildman–Crippen LogP) is 1.54. The van der Waals surface area contributed by atoms with Crippen LogP contribution in [-0.2, 0) is 4.79 Å². The van der Waals surface area contributed by atoms with Crippen LogP contribution in [0.4, 0.5) is 0 Å². The van der Waals surface area contributed by atoms with Crippen LogP contribution in [0.2, 0.25) is 0 Å². The number of hydrogen-bond donors (Lipinski definition) is 2. The molecule has 2 aliphatic carbocycles. The zero-order valence-corrected chi connectivity index (χ0v) is 10.6. The van der Waals surface area contributed by atoms with Gasteiger partial charge in [-0.05, 0) is 56.4 Å². The lowest BCUT2D eigenvalue weighted by atomic mass is 9.88. The monoisotopic (exact) mass is 236 g/mol. The molecule has 0 aromatic carbocycles. The molecule has 17 heavy (non-hydrogen) atoms. The molecule has 0 radical (unpaired) electrons. The first-order chi connectivity index (χ1) is 8.33. The lowest BCUT2D eigenvalue weighted by molar-refractivity contribution is -0.125. The van der Waals surface area contributed by atoms with Crippen molar-refractivity contribution in [3.05, 3.63) is 0 Å². The smallest absolute Gasteiger partial charge is 0.224 e. The Bertz CT molecular complexity index is 286. The normalized spacial score (nSPS) is 40.5. The Labute approximate surface area is 104 Å². The van der Waals surface area contributed by atoms with Crippen molar-refractivity contribution in [2.24, 2.45) is 23.7 Å². The molecule has 3 fully saturated rings. The van der Waals surface area contributed by atoms with Gasteiger partial charge >= 0.3 is 0 Å². The second kappa shape index (κ2) is 4.97. The molecule has 96 valence electrons. The minimum absolute atomic E-state index is 0.224. The fourth-order valence-corrected chi connectivity index (χ4v) is 4.08. The summed E-state index contributed by atoms with van der Waals surface area (Å²) in [6.07, 6.45) is 7.87. The Morgan fingerprint density at radius 1 is 1.24 bits per heavy atom. The molecule has 0 spiro atoms. The van der Waals surface area contributed by atoms with E-state index < -0.39 is 0 Å². The van der Waals surface area contributed by atoms with Gasteiger partial charge in [0.05, 0.1) is 5.92 Å². The second-order valence-corrected chi connectivity index (χ2v) is 6.22. The lowest BCUT2D eigenvalue weighted by Crippen LogP contribution is -2.42. The molecule has 2 saturated carbocycles. The third kappa shape index (κ3) is 2.49. The van der Waals surface area contributed by atoms with Crippen molar-refractivity contribution in [3.63, 3.8) is 0 Å². The van der Waals surface area contributed by atoms with Gasteiger partial charge in [-0.2, -0.15) is 0 Å². The summed E-state index contributed by atoms with van der Waals surface area (Å²) in [5, 5.41) is 6.51. The number of piperidine rings is 1. The maximum atomic E-state index is 12.0. The van der Waals surface area contributed by atoms with E-state index in [9.17, 15) is 4.79 Å². The van der Waals surface area contributed by atoms with Gasteiger partial charge in [-0.15, -0.1) is 0 Å². The van der Waals surface area contributed by atoms with Crippen LogP contribution >= 0.6 is 0 Å². The lowest BCUT2D eigenvalue weighted by Gasteiger charge is -2.25. The van der Waals surface area contributed by atoms with Gasteiger partial charge in [-0.25, -0.2) is 0 Å². The molecule has 1 amide bonds. The molecular weight excluding hydrogens is 212 g/mol. The van der Waals surface area contributed by atoms with Crippen LogP contribution in [0, 0.1) is 23.7 Å². The van der Waals surface area contributed by atoms with Crippen LogP contribution < -0.4 is 10.6 Å². The number of nitrogens with one attached hydrogen (secondary N) is 2. The molecule has 3 nitrogen and oxygen atoms in total. The van der Waals surface area contributed by atoms with Gasteiger partial charge in [0.25, 0.3) is 0 Å². The van der Waals surface area contributed by atoms with Crippen LogP contribution in [-0.4, -0.2) is 25.5 Å². The van der Waals surface area contributed by atoms with Gasteiger partial charge in [0.15, 0.2) is 0 Å². The maximum Gasteiger partial charge on any atom is 0.224 e. The highest BCUT2D eigenvalue weighted by molar-refractivity contribution is 5.78. The van der Waals surface area contributed by atoms with Crippen molar-refractivity contribution in [2.45, 2.75) is 38.5 Å². The van der Waals surface area contributed by atoms with Crippen molar-refractivity contribution >= 4 is 5.91 Å². The zero-order valence-electron chi connectivity index (χ0n) is 10.6. The Kier molecular flexibility index (Phi) is 3.37. The second-order valence-electron chi connectivity index (χ2n) is 6.22. The molecule has 3 aliphatic rings. The fourth-order valence-electron chi connectivity index (χ4n) is 4.08. The molecule has 4 atom stereocenters. The van der Waals surface area contributed by atoms with Crippen LogP contribution in [0.5, 0.6) is 0 Å². The number of amides is 1. The molecule has 4 unspecified atom stereocenters. The van der Waals surface area contributed by atoms with Gasteiger partial charge in [-0.3, -0.25) is 4.79 Å². The van der Waals surface area contributed by atoms with Gasteiger partial charge < -0.3 is 10.6 Å². The molecule has 1 saturated heterocycles. The van der Waals surface area contributed by atoms with Gasteiger partial charge in [0.1, 0.15) is 0 Å². The van der Waals surface area contributed by atoms with Gasteiger partial charge in [-0.1, -0.05) is 6.42 Å². The Balaban J connectivity index is 1.43. The van der Waals surface area contributed by atoms with E-state index >= 15 is 0 Å². The number of fused-ring (bicyclic) bond motifs is 2. The molecule has 3 rings (SSSR count). The summed E-state index contributed by atoms with van der Waals surface area (Å²) in [5.41, 5.74) is 0. The molecular formula is C14H24N2O. The first-order valence-corrected chi connectivity index (χ1v) is 7.31. The standard InChI is InChI=1S/C14H24N2O/c17-14(12-2-1-5-15-8-12)16-9-13-7-10-3-4-11(13)6-10/h10-13,15H,1-9H2,(H,16,17). The van der Waals surface area contributed by atoms with E-state index in [1.165, 1.54) is 25.7 Å². The third-order valence-corrected chi connectivity index (χ3v) is 5.09. The fraction of sp³-hybridized carbons (Fsp3) is 0.929. The Morgan fingerprint density at radius 3 is 2.82 bits per heavy atom. The van der Waals surface area contributed by atoms with Crippen molar-refractivity contribution < 1.29 is 4.79 Å². The predicted molar refractivity (Wildman–Crippen MR) is 67.5 cm³/mol.